The summed E-state index contributed by atoms with van der Waals surface area (Å²) in [5, 5.41) is 3.79. The van der Waals surface area contributed by atoms with Crippen molar-refractivity contribution < 1.29 is 14.4 Å². The van der Waals surface area contributed by atoms with Gasteiger partial charge in [-0.15, -0.1) is 0 Å². The maximum atomic E-state index is 13.1. The number of benzene rings is 2. The minimum absolute atomic E-state index is 0.197. The molecule has 1 saturated heterocycles. The van der Waals surface area contributed by atoms with Gasteiger partial charge in [-0.25, -0.2) is 4.79 Å². The summed E-state index contributed by atoms with van der Waals surface area (Å²) < 4.78 is 0. The Balaban J connectivity index is 0.00000133. The number of imide groups is 1. The van der Waals surface area contributed by atoms with Crippen LogP contribution >= 0.6 is 0 Å². The smallest absolute Gasteiger partial charge is 0.325 e. The van der Waals surface area contributed by atoms with Crippen LogP contribution in [-0.2, 0) is 22.6 Å². The van der Waals surface area contributed by atoms with Gasteiger partial charge in [0.1, 0.15) is 12.6 Å². The largest absolute Gasteiger partial charge is 0.361 e. The first-order valence-electron chi connectivity index (χ1n) is 12.1. The van der Waals surface area contributed by atoms with Crippen molar-refractivity contribution in [2.75, 3.05) is 13.1 Å². The van der Waals surface area contributed by atoms with Gasteiger partial charge in [-0.05, 0) is 36.0 Å². The van der Waals surface area contributed by atoms with Gasteiger partial charge in [-0.2, -0.15) is 0 Å². The molecule has 2 N–H and O–H groups in total. The molecule has 34 heavy (non-hydrogen) atoms. The van der Waals surface area contributed by atoms with E-state index in [1.54, 1.807) is 4.90 Å². The van der Waals surface area contributed by atoms with Crippen molar-refractivity contribution in [1.82, 2.24) is 20.1 Å². The maximum absolute atomic E-state index is 13.1. The highest BCUT2D eigenvalue weighted by Gasteiger charge is 2.40. The molecule has 1 aromatic heterocycles. The predicted octanol–water partition coefficient (Wildman–Crippen LogP) is 4.10. The summed E-state index contributed by atoms with van der Waals surface area (Å²) in [6.45, 7) is 4.92. The summed E-state index contributed by atoms with van der Waals surface area (Å²) in [6.07, 6.45) is 4.49. The summed E-state index contributed by atoms with van der Waals surface area (Å²) in [7, 11) is 0. The van der Waals surface area contributed by atoms with Crippen LogP contribution in [0, 0.1) is 5.92 Å². The molecule has 1 saturated carbocycles. The van der Waals surface area contributed by atoms with Crippen molar-refractivity contribution in [3.63, 3.8) is 0 Å². The van der Waals surface area contributed by atoms with E-state index in [-0.39, 0.29) is 18.4 Å². The highest BCUT2D eigenvalue weighted by atomic mass is 16.2. The Bertz CT molecular complexity index is 1150. The molecule has 2 aliphatic rings. The van der Waals surface area contributed by atoms with Crippen molar-refractivity contribution in [2.24, 2.45) is 5.92 Å². The molecule has 4 amide bonds. The average molecular weight is 461 g/mol. The highest BCUT2D eigenvalue weighted by molar-refractivity contribution is 6.06. The molecule has 0 radical (unpaired) electrons. The number of carbonyl (C=O) groups is 3. The van der Waals surface area contributed by atoms with Crippen LogP contribution in [0.15, 0.2) is 60.8 Å². The number of nitrogens with zero attached hydrogens (tertiary/aromatic N) is 2. The molecule has 5 rings (SSSR count). The normalized spacial score (nSPS) is 17.4. The summed E-state index contributed by atoms with van der Waals surface area (Å²) in [6, 6.07) is 16.5. The highest BCUT2D eigenvalue weighted by Crippen LogP contribution is 2.30. The molecule has 7 heteroatoms. The van der Waals surface area contributed by atoms with Crippen molar-refractivity contribution in [2.45, 2.75) is 45.7 Å². The molecule has 0 spiro atoms. The fourth-order valence-electron chi connectivity index (χ4n) is 4.29. The zero-order chi connectivity index (χ0) is 24.1. The summed E-state index contributed by atoms with van der Waals surface area (Å²) >= 11 is 0. The second-order valence-corrected chi connectivity index (χ2v) is 8.69. The van der Waals surface area contributed by atoms with Crippen molar-refractivity contribution in [3.05, 3.63) is 71.9 Å². The van der Waals surface area contributed by atoms with Crippen LogP contribution in [0.25, 0.3) is 10.9 Å². The number of rotatable bonds is 8. The summed E-state index contributed by atoms with van der Waals surface area (Å²) in [5.74, 6) is -0.0305. The van der Waals surface area contributed by atoms with Gasteiger partial charge in [0.05, 0.1) is 0 Å². The summed E-state index contributed by atoms with van der Waals surface area (Å²) in [5.41, 5.74) is 2.99. The lowest BCUT2D eigenvalue weighted by atomic mass is 10.1. The predicted molar refractivity (Wildman–Crippen MR) is 132 cm³/mol. The van der Waals surface area contributed by atoms with Crippen LogP contribution in [0.3, 0.4) is 0 Å². The third-order valence-corrected chi connectivity index (χ3v) is 6.24. The molecule has 1 atom stereocenters. The molecule has 178 valence electrons. The van der Waals surface area contributed by atoms with E-state index in [0.29, 0.717) is 25.4 Å². The van der Waals surface area contributed by atoms with E-state index in [1.165, 1.54) is 0 Å². The van der Waals surface area contributed by atoms with E-state index in [9.17, 15) is 14.4 Å². The van der Waals surface area contributed by atoms with Crippen LogP contribution in [0.4, 0.5) is 4.79 Å². The number of carbonyl (C=O) groups excluding carboxylic acids is 3. The van der Waals surface area contributed by atoms with Gasteiger partial charge in [0.15, 0.2) is 0 Å². The van der Waals surface area contributed by atoms with Gasteiger partial charge in [-0.1, -0.05) is 62.4 Å². The fraction of sp³-hybridized carbons (Fsp3) is 0.370. The lowest BCUT2D eigenvalue weighted by Crippen LogP contribution is -2.43. The van der Waals surface area contributed by atoms with E-state index < -0.39 is 12.1 Å². The first-order valence-corrected chi connectivity index (χ1v) is 12.1. The Hall–Kier alpha value is -3.61. The number of para-hydroxylation sites is 1. The standard InChI is InChI=1S/C25H26N4O3.C2H6/c30-23(28(15-18-10-11-18)14-17-6-2-1-3-7-17)16-29-24(31)22(27-25(29)32)12-19-13-26-21-9-5-4-8-20(19)21;1-2/h1-9,13,18,22,26H,10-12,14-16H2,(H,27,32);1-2H3. The van der Waals surface area contributed by atoms with E-state index >= 15 is 0 Å². The molecule has 0 bridgehead atoms. The van der Waals surface area contributed by atoms with Gasteiger partial charge < -0.3 is 15.2 Å². The van der Waals surface area contributed by atoms with E-state index in [4.69, 9.17) is 0 Å². The Morgan fingerprint density at radius 2 is 1.74 bits per heavy atom. The molecule has 7 nitrogen and oxygen atoms in total. The first-order chi connectivity index (χ1) is 16.6. The zero-order valence-electron chi connectivity index (χ0n) is 19.8. The molecular formula is C27H32N4O3. The van der Waals surface area contributed by atoms with Crippen LogP contribution < -0.4 is 5.32 Å². The first kappa shape index (κ1) is 23.5. The van der Waals surface area contributed by atoms with Gasteiger partial charge >= 0.3 is 6.03 Å². The molecular weight excluding hydrogens is 428 g/mol. The zero-order valence-corrected chi connectivity index (χ0v) is 19.8. The number of H-pyrrole nitrogens is 1. The lowest BCUT2D eigenvalue weighted by molar-refractivity contribution is -0.137. The lowest BCUT2D eigenvalue weighted by Gasteiger charge is -2.25. The Morgan fingerprint density at radius 1 is 1.03 bits per heavy atom. The molecule has 2 aromatic carbocycles. The Kier molecular flexibility index (Phi) is 7.30. The fourth-order valence-corrected chi connectivity index (χ4v) is 4.29. The van der Waals surface area contributed by atoms with Crippen molar-refractivity contribution >= 4 is 28.7 Å². The van der Waals surface area contributed by atoms with Crippen molar-refractivity contribution in [3.8, 4) is 0 Å². The van der Waals surface area contributed by atoms with Crippen LogP contribution in [0.2, 0.25) is 0 Å². The van der Waals surface area contributed by atoms with E-state index in [2.05, 4.69) is 10.3 Å². The van der Waals surface area contributed by atoms with E-state index in [1.807, 2.05) is 74.6 Å². The Labute approximate surface area is 200 Å². The number of aromatic nitrogens is 1. The van der Waals surface area contributed by atoms with Crippen molar-refractivity contribution in [1.29, 1.82) is 0 Å². The number of nitrogens with one attached hydrogen (secondary N) is 2. The third kappa shape index (κ3) is 5.30. The van der Waals surface area contributed by atoms with Crippen LogP contribution in [0.5, 0.6) is 0 Å². The number of fused-ring (bicyclic) bond motifs is 1. The second kappa shape index (κ2) is 10.5. The van der Waals surface area contributed by atoms with Gasteiger partial charge in [0.2, 0.25) is 5.91 Å². The molecule has 1 aliphatic heterocycles. The SMILES string of the molecule is CC.O=C(CN1C(=O)NC(Cc2c[nH]c3ccccc23)C1=O)N(Cc1ccccc1)CC1CC1. The number of amides is 4. The number of hydrogen-bond donors (Lipinski definition) is 2. The number of aromatic amines is 1. The Morgan fingerprint density at radius 3 is 2.47 bits per heavy atom. The van der Waals surface area contributed by atoms with Crippen LogP contribution in [-0.4, -0.2) is 51.8 Å². The quantitative estimate of drug-likeness (QED) is 0.497. The third-order valence-electron chi connectivity index (χ3n) is 6.24. The van der Waals surface area contributed by atoms with E-state index in [0.717, 1.165) is 39.8 Å². The molecule has 1 unspecified atom stereocenters. The number of hydrogen-bond acceptors (Lipinski definition) is 3. The van der Waals surface area contributed by atoms with Gasteiger partial charge in [0.25, 0.3) is 5.91 Å². The topological polar surface area (TPSA) is 85.5 Å². The second-order valence-electron chi connectivity index (χ2n) is 8.69. The maximum Gasteiger partial charge on any atom is 0.325 e. The van der Waals surface area contributed by atoms with Crippen LogP contribution in [0.1, 0.15) is 37.8 Å². The molecule has 2 fully saturated rings. The number of urea groups is 1. The average Bonchev–Trinajstić information content (AvgIpc) is 3.54. The molecule has 1 aliphatic carbocycles. The van der Waals surface area contributed by atoms with Gasteiger partial charge in [-0.3, -0.25) is 14.5 Å². The van der Waals surface area contributed by atoms with Gasteiger partial charge in [0, 0.05) is 36.6 Å². The summed E-state index contributed by atoms with van der Waals surface area (Å²) in [4.78, 5) is 44.7. The minimum Gasteiger partial charge on any atom is -0.361 e. The minimum atomic E-state index is -0.666. The monoisotopic (exact) mass is 460 g/mol. The molecule has 2 heterocycles. The molecule has 3 aromatic rings.